The molecule has 7 heteroatoms. The van der Waals surface area contributed by atoms with Crippen molar-refractivity contribution in [2.75, 3.05) is 33.4 Å². The molecule has 6 nitrogen and oxygen atoms in total. The van der Waals surface area contributed by atoms with Crippen molar-refractivity contribution in [3.05, 3.63) is 82.0 Å². The lowest BCUT2D eigenvalue weighted by Gasteiger charge is -2.37. The summed E-state index contributed by atoms with van der Waals surface area (Å²) in [7, 11) is 1.63. The first-order valence-corrected chi connectivity index (χ1v) is 13.0. The molecule has 5 rings (SSSR count). The van der Waals surface area contributed by atoms with Gasteiger partial charge in [0.25, 0.3) is 5.91 Å². The van der Waals surface area contributed by atoms with Crippen LogP contribution in [-0.4, -0.2) is 55.0 Å². The Bertz CT molecular complexity index is 1170. The van der Waals surface area contributed by atoms with Crippen molar-refractivity contribution < 1.29 is 19.1 Å². The van der Waals surface area contributed by atoms with Gasteiger partial charge in [-0.3, -0.25) is 9.59 Å². The van der Waals surface area contributed by atoms with Crippen molar-refractivity contribution in [2.45, 2.75) is 25.3 Å². The van der Waals surface area contributed by atoms with Gasteiger partial charge in [0.1, 0.15) is 24.7 Å². The predicted molar refractivity (Wildman–Crippen MR) is 136 cm³/mol. The maximum absolute atomic E-state index is 13.7. The number of carbonyl (C=O) groups is 2. The average Bonchev–Trinajstić information content (AvgIpc) is 3.59. The molecule has 0 unspecified atom stereocenters. The summed E-state index contributed by atoms with van der Waals surface area (Å²) in [6.45, 7) is 1.68. The van der Waals surface area contributed by atoms with Gasteiger partial charge in [0.05, 0.1) is 13.2 Å². The maximum atomic E-state index is 13.7. The molecule has 0 radical (unpaired) electrons. The highest BCUT2D eigenvalue weighted by atomic mass is 32.1. The Morgan fingerprint density at radius 3 is 2.63 bits per heavy atom. The highest BCUT2D eigenvalue weighted by Gasteiger charge is 2.35. The second kappa shape index (κ2) is 10.5. The predicted octanol–water partition coefficient (Wildman–Crippen LogP) is 4.81. The van der Waals surface area contributed by atoms with E-state index in [9.17, 15) is 9.59 Å². The van der Waals surface area contributed by atoms with E-state index < -0.39 is 0 Å². The van der Waals surface area contributed by atoms with Crippen LogP contribution < -0.4 is 9.47 Å². The summed E-state index contributed by atoms with van der Waals surface area (Å²) < 4.78 is 11.5. The van der Waals surface area contributed by atoms with Crippen molar-refractivity contribution >= 4 is 23.2 Å². The average molecular weight is 491 g/mol. The summed E-state index contributed by atoms with van der Waals surface area (Å²) in [6.07, 6.45) is 3.06. The Hall–Kier alpha value is -3.32. The lowest BCUT2D eigenvalue weighted by Crippen LogP contribution is -2.48. The highest BCUT2D eigenvalue weighted by molar-refractivity contribution is 7.10. The number of rotatable bonds is 9. The highest BCUT2D eigenvalue weighted by Crippen LogP contribution is 2.35. The molecule has 0 N–H and O–H groups in total. The van der Waals surface area contributed by atoms with Gasteiger partial charge >= 0.3 is 0 Å². The molecular formula is C28H30N2O4S. The first kappa shape index (κ1) is 23.4. The minimum absolute atomic E-state index is 0.0361. The molecule has 2 amide bonds. The van der Waals surface area contributed by atoms with Crippen LogP contribution in [0.5, 0.6) is 11.5 Å². The zero-order chi connectivity index (χ0) is 24.2. The van der Waals surface area contributed by atoms with Gasteiger partial charge in [-0.15, -0.1) is 11.3 Å². The van der Waals surface area contributed by atoms with Gasteiger partial charge < -0.3 is 19.3 Å². The number of nitrogens with zero attached hydrogens (tertiary/aromatic N) is 2. The normalized spacial score (nSPS) is 16.9. The quantitative estimate of drug-likeness (QED) is 0.432. The van der Waals surface area contributed by atoms with Gasteiger partial charge in [0.15, 0.2) is 0 Å². The van der Waals surface area contributed by atoms with Crippen LogP contribution in [0, 0.1) is 5.92 Å². The summed E-state index contributed by atoms with van der Waals surface area (Å²) in [4.78, 5) is 31.8. The van der Waals surface area contributed by atoms with Crippen LogP contribution in [0.4, 0.5) is 0 Å². The van der Waals surface area contributed by atoms with Gasteiger partial charge in [0, 0.05) is 29.6 Å². The molecule has 0 saturated heterocycles. The van der Waals surface area contributed by atoms with Gasteiger partial charge in [-0.1, -0.05) is 24.3 Å². The molecule has 0 spiro atoms. The van der Waals surface area contributed by atoms with E-state index >= 15 is 0 Å². The lowest BCUT2D eigenvalue weighted by molar-refractivity contribution is -0.135. The van der Waals surface area contributed by atoms with Crippen LogP contribution in [0.3, 0.4) is 0 Å². The van der Waals surface area contributed by atoms with Crippen LogP contribution in [0.25, 0.3) is 0 Å². The van der Waals surface area contributed by atoms with E-state index in [1.54, 1.807) is 23.3 Å². The Labute approximate surface area is 210 Å². The van der Waals surface area contributed by atoms with E-state index in [-0.39, 0.29) is 24.4 Å². The number of hydrogen-bond acceptors (Lipinski definition) is 5. The Balaban J connectivity index is 1.33. The number of fused-ring (bicyclic) bond motifs is 1. The van der Waals surface area contributed by atoms with Crippen molar-refractivity contribution in [1.82, 2.24) is 9.80 Å². The topological polar surface area (TPSA) is 59.1 Å². The first-order chi connectivity index (χ1) is 17.1. The number of carbonyl (C=O) groups excluding carboxylic acids is 2. The molecule has 1 aliphatic carbocycles. The lowest BCUT2D eigenvalue weighted by atomic mass is 10.0. The molecule has 1 fully saturated rings. The zero-order valence-corrected chi connectivity index (χ0v) is 20.7. The molecule has 1 aromatic heterocycles. The van der Waals surface area contributed by atoms with E-state index in [2.05, 4.69) is 11.4 Å². The Morgan fingerprint density at radius 1 is 1.06 bits per heavy atom. The number of ether oxygens (including phenoxy) is 2. The fraction of sp³-hybridized carbons (Fsp3) is 0.357. The van der Waals surface area contributed by atoms with Crippen molar-refractivity contribution in [1.29, 1.82) is 0 Å². The molecular weight excluding hydrogens is 460 g/mol. The largest absolute Gasteiger partial charge is 0.497 e. The molecule has 35 heavy (non-hydrogen) atoms. The molecule has 1 aliphatic heterocycles. The van der Waals surface area contributed by atoms with E-state index in [1.807, 2.05) is 59.5 Å². The van der Waals surface area contributed by atoms with Crippen LogP contribution >= 0.6 is 11.3 Å². The smallest absolute Gasteiger partial charge is 0.254 e. The standard InChI is InChI=1S/C28H30N2O4S/c1-33-22-8-5-9-23(16-22)34-19-25-24-13-15-35-26(24)12-14-30(25)27(31)18-29(17-20-10-11-20)28(32)21-6-3-2-4-7-21/h2-9,13,15-16,20,25H,10-12,14,17-19H2,1H3/t25-/m0/s1. The third-order valence-electron chi connectivity index (χ3n) is 6.67. The monoisotopic (exact) mass is 490 g/mol. The molecule has 0 bridgehead atoms. The second-order valence-electron chi connectivity index (χ2n) is 9.14. The van der Waals surface area contributed by atoms with E-state index in [0.29, 0.717) is 36.9 Å². The van der Waals surface area contributed by atoms with Crippen molar-refractivity contribution in [3.63, 3.8) is 0 Å². The summed E-state index contributed by atoms with van der Waals surface area (Å²) in [5.74, 6) is 1.81. The van der Waals surface area contributed by atoms with Gasteiger partial charge in [-0.2, -0.15) is 0 Å². The molecule has 2 heterocycles. The number of benzene rings is 2. The minimum atomic E-state index is -0.196. The van der Waals surface area contributed by atoms with Gasteiger partial charge in [-0.05, 0) is 66.5 Å². The van der Waals surface area contributed by atoms with E-state index in [0.717, 1.165) is 30.6 Å². The molecule has 3 aromatic rings. The van der Waals surface area contributed by atoms with E-state index in [4.69, 9.17) is 9.47 Å². The minimum Gasteiger partial charge on any atom is -0.497 e. The maximum Gasteiger partial charge on any atom is 0.254 e. The Morgan fingerprint density at radius 2 is 1.86 bits per heavy atom. The van der Waals surface area contributed by atoms with Crippen LogP contribution in [0.1, 0.15) is 39.7 Å². The molecule has 1 saturated carbocycles. The second-order valence-corrected chi connectivity index (χ2v) is 10.1. The van der Waals surface area contributed by atoms with Crippen LogP contribution in [-0.2, 0) is 11.2 Å². The Kier molecular flexibility index (Phi) is 7.04. The summed E-state index contributed by atoms with van der Waals surface area (Å²) in [6, 6.07) is 18.6. The first-order valence-electron chi connectivity index (χ1n) is 12.1. The fourth-order valence-corrected chi connectivity index (χ4v) is 5.52. The zero-order valence-electron chi connectivity index (χ0n) is 19.9. The fourth-order valence-electron chi connectivity index (χ4n) is 4.59. The summed E-state index contributed by atoms with van der Waals surface area (Å²) in [5.41, 5.74) is 1.76. The molecule has 2 aliphatic rings. The van der Waals surface area contributed by atoms with Crippen molar-refractivity contribution in [3.8, 4) is 11.5 Å². The van der Waals surface area contributed by atoms with Gasteiger partial charge in [0.2, 0.25) is 5.91 Å². The third-order valence-corrected chi connectivity index (χ3v) is 7.67. The number of thiophene rings is 1. The van der Waals surface area contributed by atoms with E-state index in [1.165, 1.54) is 4.88 Å². The molecule has 182 valence electrons. The van der Waals surface area contributed by atoms with Gasteiger partial charge in [-0.25, -0.2) is 0 Å². The summed E-state index contributed by atoms with van der Waals surface area (Å²) >= 11 is 1.73. The number of hydrogen-bond donors (Lipinski definition) is 0. The van der Waals surface area contributed by atoms with Crippen LogP contribution in [0.2, 0.25) is 0 Å². The third kappa shape index (κ3) is 5.51. The van der Waals surface area contributed by atoms with Crippen molar-refractivity contribution in [2.24, 2.45) is 5.92 Å². The van der Waals surface area contributed by atoms with Crippen LogP contribution in [0.15, 0.2) is 66.0 Å². The number of amides is 2. The SMILES string of the molecule is COc1cccc(OC[C@H]2c3ccsc3CCN2C(=O)CN(CC2CC2)C(=O)c2ccccc2)c1. The molecule has 1 atom stereocenters. The molecule has 2 aromatic carbocycles. The number of methoxy groups -OCH3 is 1. The summed E-state index contributed by atoms with van der Waals surface area (Å²) in [5, 5.41) is 2.08.